The van der Waals surface area contributed by atoms with Crippen molar-refractivity contribution in [3.05, 3.63) is 57.7 Å². The van der Waals surface area contributed by atoms with Gasteiger partial charge in [-0.25, -0.2) is 19.4 Å². The maximum atomic E-state index is 14.1. The first-order valence-corrected chi connectivity index (χ1v) is 19.7. The molecule has 326 valence electrons. The lowest BCUT2D eigenvalue weighted by Crippen LogP contribution is -2.54. The minimum absolute atomic E-state index is 0.0192. The number of phenolic OH excluding ortho intramolecular Hbond substituents is 1. The summed E-state index contributed by atoms with van der Waals surface area (Å²) in [5.74, 6) is -5.78. The zero-order valence-electron chi connectivity index (χ0n) is 33.3. The average molecular weight is 858 g/mol. The summed E-state index contributed by atoms with van der Waals surface area (Å²) < 4.78 is 4.72. The van der Waals surface area contributed by atoms with E-state index in [1.54, 1.807) is 0 Å². The normalized spacial score (nSPS) is 15.6. The Labute approximate surface area is 348 Å². The van der Waals surface area contributed by atoms with Gasteiger partial charge in [0.2, 0.25) is 17.7 Å². The number of primary amides is 1. The van der Waals surface area contributed by atoms with E-state index >= 15 is 0 Å². The van der Waals surface area contributed by atoms with Gasteiger partial charge in [-0.2, -0.15) is 0 Å². The van der Waals surface area contributed by atoms with E-state index in [0.717, 1.165) is 18.4 Å². The number of nitrogens with two attached hydrogens (primary N) is 3. The van der Waals surface area contributed by atoms with Gasteiger partial charge in [0.15, 0.2) is 5.96 Å². The van der Waals surface area contributed by atoms with Crippen LogP contribution in [0.25, 0.3) is 0 Å². The van der Waals surface area contributed by atoms with Crippen LogP contribution in [0.2, 0.25) is 0 Å². The van der Waals surface area contributed by atoms with Crippen molar-refractivity contribution in [3.63, 3.8) is 0 Å². The van der Waals surface area contributed by atoms with Gasteiger partial charge in [-0.1, -0.05) is 18.2 Å². The van der Waals surface area contributed by atoms with Crippen LogP contribution < -0.4 is 43.8 Å². The molecule has 2 aromatic rings. The number of thiazole rings is 1. The number of ether oxygens (including phenoxy) is 1. The zero-order chi connectivity index (χ0) is 44.5. The van der Waals surface area contributed by atoms with E-state index in [4.69, 9.17) is 21.9 Å². The number of amides is 7. The first-order chi connectivity index (χ1) is 28.4. The molecule has 0 spiro atoms. The van der Waals surface area contributed by atoms with Crippen molar-refractivity contribution < 1.29 is 53.3 Å². The van der Waals surface area contributed by atoms with Gasteiger partial charge in [-0.3, -0.25) is 29.0 Å². The highest BCUT2D eigenvalue weighted by Crippen LogP contribution is 2.34. The molecule has 1 aromatic carbocycles. The van der Waals surface area contributed by atoms with Gasteiger partial charge in [-0.05, 0) is 63.6 Å². The SMILES string of the molecule is C/C=C(\NC(=O)N[C@@H](Cc1ccc(O)cc1)C(=O)O)C(=O)N[C@@H](C)C(=O)N[C@@H](CCCN=C(N)N)C(=O)N1CCC[C@H]1c1nc(C(=O)N[C@@H](CCC(N)=O)C(=O)OC)cs1. The van der Waals surface area contributed by atoms with E-state index in [9.17, 15) is 48.6 Å². The summed E-state index contributed by atoms with van der Waals surface area (Å²) >= 11 is 1.12. The molecule has 0 unspecified atom stereocenters. The van der Waals surface area contributed by atoms with Gasteiger partial charge in [0.25, 0.3) is 11.8 Å². The van der Waals surface area contributed by atoms with Crippen molar-refractivity contribution in [2.45, 2.75) is 89.0 Å². The molecule has 0 aliphatic carbocycles. The molecule has 23 heteroatoms. The van der Waals surface area contributed by atoms with Crippen LogP contribution in [0, 0.1) is 0 Å². The number of urea groups is 1. The molecule has 60 heavy (non-hydrogen) atoms. The van der Waals surface area contributed by atoms with E-state index < -0.39 is 77.7 Å². The van der Waals surface area contributed by atoms with Crippen LogP contribution >= 0.6 is 11.3 Å². The van der Waals surface area contributed by atoms with Gasteiger partial charge >= 0.3 is 18.0 Å². The third kappa shape index (κ3) is 14.6. The summed E-state index contributed by atoms with van der Waals surface area (Å²) in [6.07, 6.45) is 2.29. The fourth-order valence-electron chi connectivity index (χ4n) is 5.98. The molecule has 1 aromatic heterocycles. The summed E-state index contributed by atoms with van der Waals surface area (Å²) in [5.41, 5.74) is 16.3. The molecule has 7 amide bonds. The van der Waals surface area contributed by atoms with Crippen LogP contribution in [0.5, 0.6) is 5.75 Å². The van der Waals surface area contributed by atoms with E-state index in [2.05, 4.69) is 36.6 Å². The highest BCUT2D eigenvalue weighted by atomic mass is 32.1. The quantitative estimate of drug-likeness (QED) is 0.0237. The fraction of sp³-hybridized carbons (Fsp3) is 0.459. The Hall–Kier alpha value is -6.78. The monoisotopic (exact) mass is 857 g/mol. The average Bonchev–Trinajstić information content (AvgIpc) is 3.90. The van der Waals surface area contributed by atoms with Crippen LogP contribution in [0.15, 0.2) is 46.4 Å². The molecule has 5 atom stereocenters. The molecular weight excluding hydrogens is 807 g/mol. The Kier molecular flexibility index (Phi) is 18.2. The molecular formula is C37H51N11O11S. The minimum Gasteiger partial charge on any atom is -0.508 e. The number of aromatic nitrogens is 1. The van der Waals surface area contributed by atoms with Crippen molar-refractivity contribution >= 4 is 64.8 Å². The molecule has 1 fully saturated rings. The van der Waals surface area contributed by atoms with Crippen molar-refractivity contribution in [1.82, 2.24) is 36.5 Å². The van der Waals surface area contributed by atoms with Crippen molar-refractivity contribution in [2.24, 2.45) is 22.2 Å². The largest absolute Gasteiger partial charge is 0.508 e. The standard InChI is InChI=1S/C37H51N11O11S/c1-4-22(46-37(58)47-25(34(55)56)17-20-9-11-21(49)12-10-20)30(52)42-19(2)29(51)43-23(7-5-15-41-36(39)40)33(54)48-16-6-8-27(48)32-45-26(18-60-32)31(53)44-24(35(57)59-3)13-14-28(38)50/h4,9-12,18-19,23-25,27,49H,5-8,13-17H2,1-3H3,(H2,38,50)(H,42,52)(H,43,51)(H,44,53)(H,55,56)(H4,39,40,41)(H2,46,47,58)/b22-4-/t19-,23-,24-,25-,27-/m0/s1. The van der Waals surface area contributed by atoms with Crippen LogP contribution in [-0.4, -0.2) is 118 Å². The van der Waals surface area contributed by atoms with Gasteiger partial charge in [0.05, 0.1) is 13.2 Å². The number of phenols is 1. The van der Waals surface area contributed by atoms with Crippen molar-refractivity contribution in [3.8, 4) is 5.75 Å². The van der Waals surface area contributed by atoms with Gasteiger partial charge in [0, 0.05) is 31.3 Å². The molecule has 3 rings (SSSR count). The number of guanidine groups is 1. The number of methoxy groups -OCH3 is 1. The number of esters is 1. The number of carbonyl (C=O) groups excluding carboxylic acids is 7. The summed E-state index contributed by atoms with van der Waals surface area (Å²) in [6.45, 7) is 3.24. The first-order valence-electron chi connectivity index (χ1n) is 18.8. The summed E-state index contributed by atoms with van der Waals surface area (Å²) in [7, 11) is 1.14. The Bertz CT molecular complexity index is 1950. The topological polar surface area (TPSA) is 353 Å². The molecule has 13 N–H and O–H groups in total. The molecule has 0 bridgehead atoms. The van der Waals surface area contributed by atoms with Crippen LogP contribution in [0.1, 0.15) is 79.5 Å². The second-order valence-corrected chi connectivity index (χ2v) is 14.5. The predicted molar refractivity (Wildman–Crippen MR) is 216 cm³/mol. The van der Waals surface area contributed by atoms with Gasteiger partial charge in [-0.15, -0.1) is 11.3 Å². The number of benzene rings is 1. The van der Waals surface area contributed by atoms with Crippen molar-refractivity contribution in [2.75, 3.05) is 20.2 Å². The Morgan fingerprint density at radius 3 is 2.32 bits per heavy atom. The van der Waals surface area contributed by atoms with E-state index in [0.29, 0.717) is 30.0 Å². The lowest BCUT2D eigenvalue weighted by molar-refractivity contribution is -0.143. The van der Waals surface area contributed by atoms with Gasteiger partial charge in [0.1, 0.15) is 46.3 Å². The molecule has 0 radical (unpaired) electrons. The Morgan fingerprint density at radius 2 is 1.70 bits per heavy atom. The lowest BCUT2D eigenvalue weighted by Gasteiger charge is -2.29. The third-order valence-corrected chi connectivity index (χ3v) is 10.1. The number of carboxylic acids is 1. The summed E-state index contributed by atoms with van der Waals surface area (Å²) in [6, 6.07) is -0.741. The number of carboxylic acid groups (broad SMARTS) is 1. The van der Waals surface area contributed by atoms with E-state index in [1.807, 2.05) is 0 Å². The second kappa shape index (κ2) is 23.0. The molecule has 1 aliphatic rings. The Balaban J connectivity index is 1.69. The summed E-state index contributed by atoms with van der Waals surface area (Å²) in [5, 5.41) is 33.2. The number of hydrogen-bond donors (Lipinski definition) is 10. The molecule has 1 aliphatic heterocycles. The van der Waals surface area contributed by atoms with Gasteiger partial charge < -0.3 is 63.6 Å². The molecule has 22 nitrogen and oxygen atoms in total. The first kappa shape index (κ1) is 47.6. The number of likely N-dealkylation sites (tertiary alicyclic amines) is 1. The fourth-order valence-corrected chi connectivity index (χ4v) is 6.93. The minimum atomic E-state index is -1.39. The predicted octanol–water partition coefficient (Wildman–Crippen LogP) is -1.01. The van der Waals surface area contributed by atoms with Crippen LogP contribution in [0.4, 0.5) is 4.79 Å². The number of nitrogens with one attached hydrogen (secondary N) is 5. The number of rotatable bonds is 21. The van der Waals surface area contributed by atoms with E-state index in [1.165, 1.54) is 54.5 Å². The van der Waals surface area contributed by atoms with Crippen LogP contribution in [-0.2, 0) is 39.9 Å². The second-order valence-electron chi connectivity index (χ2n) is 13.6. The lowest BCUT2D eigenvalue weighted by atomic mass is 10.1. The summed E-state index contributed by atoms with van der Waals surface area (Å²) in [4.78, 5) is 112. The number of allylic oxidation sites excluding steroid dienone is 1. The number of aliphatic imine (C=N–C) groups is 1. The third-order valence-electron chi connectivity index (χ3n) is 9.11. The molecule has 0 saturated carbocycles. The van der Waals surface area contributed by atoms with Crippen LogP contribution in [0.3, 0.4) is 0 Å². The number of hydrogen-bond acceptors (Lipinski definition) is 13. The number of carbonyl (C=O) groups is 8. The zero-order valence-corrected chi connectivity index (χ0v) is 34.1. The number of aliphatic carboxylic acids is 1. The molecule has 2 heterocycles. The van der Waals surface area contributed by atoms with E-state index in [-0.39, 0.29) is 61.7 Å². The Morgan fingerprint density at radius 1 is 1.00 bits per heavy atom. The van der Waals surface area contributed by atoms with Crippen molar-refractivity contribution in [1.29, 1.82) is 0 Å². The molecule has 1 saturated heterocycles. The highest BCUT2D eigenvalue weighted by Gasteiger charge is 2.37. The maximum absolute atomic E-state index is 14.1. The smallest absolute Gasteiger partial charge is 0.328 e. The maximum Gasteiger partial charge on any atom is 0.328 e. The highest BCUT2D eigenvalue weighted by molar-refractivity contribution is 7.09. The number of nitrogens with zero attached hydrogens (tertiary/aromatic N) is 3. The number of aromatic hydroxyl groups is 1.